The van der Waals surface area contributed by atoms with Gasteiger partial charge in [-0.25, -0.2) is 9.59 Å². The summed E-state index contributed by atoms with van der Waals surface area (Å²) in [4.78, 5) is 35.4. The minimum absolute atomic E-state index is 0.0582. The van der Waals surface area contributed by atoms with Gasteiger partial charge in [0, 0.05) is 11.1 Å². The van der Waals surface area contributed by atoms with Crippen LogP contribution in [0.5, 0.6) is 23.0 Å². The van der Waals surface area contributed by atoms with Crippen LogP contribution in [0.2, 0.25) is 0 Å². The summed E-state index contributed by atoms with van der Waals surface area (Å²) in [5.74, 6) is -0.709. The van der Waals surface area contributed by atoms with E-state index in [1.807, 2.05) is 12.2 Å². The Kier molecular flexibility index (Phi) is 9.40. The van der Waals surface area contributed by atoms with Gasteiger partial charge in [-0.3, -0.25) is 4.79 Å². The monoisotopic (exact) mass is 538 g/mol. The van der Waals surface area contributed by atoms with Gasteiger partial charge in [0.2, 0.25) is 0 Å². The number of hydrogen-bond acceptors (Lipinski definition) is 7. The molecule has 2 aromatic carbocycles. The van der Waals surface area contributed by atoms with Gasteiger partial charge in [0.1, 0.15) is 0 Å². The minimum Gasteiger partial charge on any atom is -0.493 e. The van der Waals surface area contributed by atoms with E-state index in [1.165, 1.54) is 14.2 Å². The third-order valence-corrected chi connectivity index (χ3v) is 6.50. The van der Waals surface area contributed by atoms with E-state index in [0.717, 1.165) is 11.1 Å². The molecule has 1 aliphatic carbocycles. The summed E-state index contributed by atoms with van der Waals surface area (Å²) in [6, 6.07) is 10.2. The molecular weight excluding hydrogens is 504 g/mol. The molecule has 0 atom stereocenters. The quantitative estimate of drug-likeness (QED) is 0.396. The first-order valence-corrected chi connectivity index (χ1v) is 12.4. The highest BCUT2D eigenvalue weighted by Crippen LogP contribution is 2.42. The van der Waals surface area contributed by atoms with Gasteiger partial charge in [0.05, 0.1) is 14.2 Å². The Morgan fingerprint density at radius 3 is 1.54 bits per heavy atom. The van der Waals surface area contributed by atoms with Gasteiger partial charge in [-0.1, -0.05) is 32.9 Å². The first-order chi connectivity index (χ1) is 18.4. The van der Waals surface area contributed by atoms with Crippen LogP contribution in [-0.2, 0) is 14.4 Å². The van der Waals surface area contributed by atoms with Gasteiger partial charge in [-0.2, -0.15) is 0 Å². The molecule has 0 radical (unpaired) electrons. The van der Waals surface area contributed by atoms with Crippen LogP contribution in [-0.4, -0.2) is 55.4 Å². The molecular formula is C30H34O9. The van der Waals surface area contributed by atoms with Crippen molar-refractivity contribution in [2.75, 3.05) is 27.4 Å². The van der Waals surface area contributed by atoms with Crippen LogP contribution in [0.3, 0.4) is 0 Å². The molecule has 9 heteroatoms. The number of ketones is 1. The number of allylic oxidation sites excluding steroid dienone is 2. The van der Waals surface area contributed by atoms with E-state index in [-0.39, 0.29) is 17.1 Å². The topological polar surface area (TPSA) is 129 Å². The molecule has 0 spiro atoms. The van der Waals surface area contributed by atoms with Crippen molar-refractivity contribution in [3.8, 4) is 23.0 Å². The highest BCUT2D eigenvalue weighted by Gasteiger charge is 2.34. The lowest BCUT2D eigenvalue weighted by atomic mass is 9.68. The molecule has 3 rings (SSSR count). The van der Waals surface area contributed by atoms with Crippen molar-refractivity contribution in [1.82, 2.24) is 0 Å². The fourth-order valence-electron chi connectivity index (χ4n) is 4.32. The number of aliphatic carboxylic acids is 2. The SMILES string of the molecule is COc1cc(C=C2CC(C(C)(C)C)CC(=Cc3ccc(OCC(=O)O)c(OC)c3)C2=O)ccc1OCC(=O)O. The number of hydrogen-bond donors (Lipinski definition) is 2. The molecule has 2 aromatic rings. The molecule has 39 heavy (non-hydrogen) atoms. The predicted molar refractivity (Wildman–Crippen MR) is 145 cm³/mol. The van der Waals surface area contributed by atoms with E-state index in [9.17, 15) is 14.4 Å². The Bertz CT molecular complexity index is 1210. The number of rotatable bonds is 10. The van der Waals surface area contributed by atoms with E-state index in [1.54, 1.807) is 36.4 Å². The number of ether oxygens (including phenoxy) is 4. The highest BCUT2D eigenvalue weighted by molar-refractivity contribution is 6.14. The van der Waals surface area contributed by atoms with Crippen LogP contribution >= 0.6 is 0 Å². The summed E-state index contributed by atoms with van der Waals surface area (Å²) in [6.45, 7) is 5.47. The van der Waals surface area contributed by atoms with E-state index >= 15 is 0 Å². The highest BCUT2D eigenvalue weighted by atomic mass is 16.5. The standard InChI is InChI=1S/C30H34O9/c1-30(2,3)22-14-20(10-18-6-8-23(25(12-18)36-4)38-16-27(31)32)29(35)21(15-22)11-19-7-9-24(26(13-19)37-5)39-17-28(33)34/h6-13,22H,14-17H2,1-5H3,(H,31,32)(H,33,34). The smallest absolute Gasteiger partial charge is 0.341 e. The number of carbonyl (C=O) groups is 3. The fraction of sp³-hybridized carbons (Fsp3) is 0.367. The van der Waals surface area contributed by atoms with Crippen LogP contribution in [0.4, 0.5) is 0 Å². The normalized spacial score (nSPS) is 17.7. The number of carbonyl (C=O) groups excluding carboxylic acids is 1. The summed E-state index contributed by atoms with van der Waals surface area (Å²) in [5.41, 5.74) is 2.71. The van der Waals surface area contributed by atoms with Crippen LogP contribution < -0.4 is 18.9 Å². The summed E-state index contributed by atoms with van der Waals surface area (Å²) >= 11 is 0. The molecule has 0 aromatic heterocycles. The third kappa shape index (κ3) is 7.86. The number of carboxylic acids is 2. The molecule has 2 N–H and O–H groups in total. The molecule has 1 saturated carbocycles. The average Bonchev–Trinajstić information content (AvgIpc) is 2.88. The van der Waals surface area contributed by atoms with Gasteiger partial charge in [0.15, 0.2) is 42.0 Å². The number of benzene rings is 2. The van der Waals surface area contributed by atoms with Gasteiger partial charge < -0.3 is 29.2 Å². The predicted octanol–water partition coefficient (Wildman–Crippen LogP) is 5.12. The van der Waals surface area contributed by atoms with Crippen molar-refractivity contribution < 1.29 is 43.5 Å². The third-order valence-electron chi connectivity index (χ3n) is 6.50. The lowest BCUT2D eigenvalue weighted by molar-refractivity contribution is -0.140. The van der Waals surface area contributed by atoms with Gasteiger partial charge in [-0.15, -0.1) is 0 Å². The molecule has 0 heterocycles. The van der Waals surface area contributed by atoms with E-state index in [0.29, 0.717) is 47.0 Å². The Balaban J connectivity index is 1.97. The average molecular weight is 539 g/mol. The first-order valence-electron chi connectivity index (χ1n) is 12.4. The maximum absolute atomic E-state index is 13.6. The molecule has 0 aliphatic heterocycles. The van der Waals surface area contributed by atoms with E-state index in [2.05, 4.69) is 20.8 Å². The number of Topliss-reactive ketones (excluding diaryl/α,β-unsaturated/α-hetero) is 1. The molecule has 1 fully saturated rings. The molecule has 208 valence electrons. The lowest BCUT2D eigenvalue weighted by Gasteiger charge is -2.35. The number of methoxy groups -OCH3 is 2. The summed E-state index contributed by atoms with van der Waals surface area (Å²) in [7, 11) is 2.93. The Labute approximate surface area is 227 Å². The van der Waals surface area contributed by atoms with Crippen molar-refractivity contribution >= 4 is 29.9 Å². The molecule has 0 unspecified atom stereocenters. The summed E-state index contributed by atoms with van der Waals surface area (Å²) in [6.07, 6.45) is 4.87. The summed E-state index contributed by atoms with van der Waals surface area (Å²) < 4.78 is 21.3. The van der Waals surface area contributed by atoms with Crippen molar-refractivity contribution in [1.29, 1.82) is 0 Å². The molecule has 0 amide bonds. The van der Waals surface area contributed by atoms with Crippen molar-refractivity contribution in [3.63, 3.8) is 0 Å². The first kappa shape index (κ1) is 29.3. The fourth-order valence-corrected chi connectivity index (χ4v) is 4.32. The van der Waals surface area contributed by atoms with E-state index in [4.69, 9.17) is 29.2 Å². The molecule has 1 aliphatic rings. The maximum atomic E-state index is 13.6. The minimum atomic E-state index is -1.09. The van der Waals surface area contributed by atoms with Gasteiger partial charge >= 0.3 is 11.9 Å². The lowest BCUT2D eigenvalue weighted by Crippen LogP contribution is -2.29. The second-order valence-electron chi connectivity index (χ2n) is 10.3. The van der Waals surface area contributed by atoms with E-state index < -0.39 is 25.2 Å². The Morgan fingerprint density at radius 2 is 1.21 bits per heavy atom. The van der Waals surface area contributed by atoms with Crippen LogP contribution in [0, 0.1) is 11.3 Å². The molecule has 0 bridgehead atoms. The zero-order valence-electron chi connectivity index (χ0n) is 22.8. The molecule has 9 nitrogen and oxygen atoms in total. The van der Waals surface area contributed by atoms with Gasteiger partial charge in [0.25, 0.3) is 0 Å². The second kappa shape index (κ2) is 12.5. The largest absolute Gasteiger partial charge is 0.493 e. The second-order valence-corrected chi connectivity index (χ2v) is 10.3. The van der Waals surface area contributed by atoms with Crippen molar-refractivity contribution in [3.05, 3.63) is 58.7 Å². The van der Waals surface area contributed by atoms with Crippen LogP contribution in [0.15, 0.2) is 47.5 Å². The van der Waals surface area contributed by atoms with Crippen LogP contribution in [0.25, 0.3) is 12.2 Å². The zero-order chi connectivity index (χ0) is 28.7. The van der Waals surface area contributed by atoms with Crippen molar-refractivity contribution in [2.45, 2.75) is 33.6 Å². The van der Waals surface area contributed by atoms with Crippen molar-refractivity contribution in [2.24, 2.45) is 11.3 Å². The maximum Gasteiger partial charge on any atom is 0.341 e. The number of carboxylic acid groups (broad SMARTS) is 2. The van der Waals surface area contributed by atoms with Crippen LogP contribution in [0.1, 0.15) is 44.7 Å². The Hall–Kier alpha value is -4.27. The van der Waals surface area contributed by atoms with Gasteiger partial charge in [-0.05, 0) is 71.7 Å². The Morgan fingerprint density at radius 1 is 0.795 bits per heavy atom. The summed E-state index contributed by atoms with van der Waals surface area (Å²) in [5, 5.41) is 17.8. The zero-order valence-corrected chi connectivity index (χ0v) is 22.8. The molecule has 0 saturated heterocycles.